The second-order valence-corrected chi connectivity index (χ2v) is 10.00. The summed E-state index contributed by atoms with van der Waals surface area (Å²) < 4.78 is 5.30. The maximum Gasteiger partial charge on any atom is 0.254 e. The summed E-state index contributed by atoms with van der Waals surface area (Å²) in [6.07, 6.45) is 6.99. The van der Waals surface area contributed by atoms with E-state index in [0.717, 1.165) is 42.7 Å². The van der Waals surface area contributed by atoms with Crippen molar-refractivity contribution >= 4 is 34.8 Å². The van der Waals surface area contributed by atoms with Gasteiger partial charge in [-0.3, -0.25) is 9.59 Å². The monoisotopic (exact) mass is 427 g/mol. The summed E-state index contributed by atoms with van der Waals surface area (Å²) in [5.74, 6) is 2.28. The molecule has 30 heavy (non-hydrogen) atoms. The first-order valence-electron chi connectivity index (χ1n) is 11.1. The number of morpholine rings is 1. The van der Waals surface area contributed by atoms with E-state index in [1.54, 1.807) is 12.1 Å². The first kappa shape index (κ1) is 19.9. The minimum atomic E-state index is -0.213. The van der Waals surface area contributed by atoms with Crippen molar-refractivity contribution in [1.82, 2.24) is 10.2 Å². The molecule has 0 radical (unpaired) electrons. The van der Waals surface area contributed by atoms with Crippen molar-refractivity contribution in [2.45, 2.75) is 38.5 Å². The van der Waals surface area contributed by atoms with E-state index >= 15 is 0 Å². The lowest BCUT2D eigenvalue weighted by molar-refractivity contribution is -0.144. The normalized spacial score (nSPS) is 32.0. The molecule has 0 atom stereocenters. The van der Waals surface area contributed by atoms with Crippen molar-refractivity contribution in [3.05, 3.63) is 29.8 Å². The number of ether oxygens (including phenoxy) is 1. The Morgan fingerprint density at radius 3 is 2.10 bits per heavy atom. The molecule has 7 heteroatoms. The molecule has 1 aromatic carbocycles. The number of carbonyl (C=O) groups is 2. The summed E-state index contributed by atoms with van der Waals surface area (Å²) >= 11 is 5.42. The van der Waals surface area contributed by atoms with Crippen LogP contribution in [-0.2, 0) is 9.53 Å². The van der Waals surface area contributed by atoms with E-state index in [1.807, 2.05) is 17.0 Å². The molecule has 1 heterocycles. The minimum absolute atomic E-state index is 0.0162. The van der Waals surface area contributed by atoms with E-state index in [1.165, 1.54) is 19.3 Å². The van der Waals surface area contributed by atoms with Gasteiger partial charge in [-0.15, -0.1) is 0 Å². The third kappa shape index (κ3) is 3.85. The summed E-state index contributed by atoms with van der Waals surface area (Å²) in [5.41, 5.74) is 1.20. The number of amides is 2. The lowest BCUT2D eigenvalue weighted by Gasteiger charge is -2.55. The van der Waals surface area contributed by atoms with Crippen molar-refractivity contribution in [1.29, 1.82) is 0 Å². The first-order valence-corrected chi connectivity index (χ1v) is 11.5. The third-order valence-corrected chi connectivity index (χ3v) is 7.64. The lowest BCUT2D eigenvalue weighted by atomic mass is 9.49. The number of nitrogens with zero attached hydrogens (tertiary/aromatic N) is 1. The zero-order valence-corrected chi connectivity index (χ0v) is 18.0. The molecule has 6 nitrogen and oxygen atoms in total. The smallest absolute Gasteiger partial charge is 0.254 e. The number of rotatable bonds is 3. The molecule has 4 saturated carbocycles. The van der Waals surface area contributed by atoms with Crippen LogP contribution < -0.4 is 10.6 Å². The van der Waals surface area contributed by atoms with Gasteiger partial charge in [-0.25, -0.2) is 0 Å². The number of anilines is 1. The van der Waals surface area contributed by atoms with Crippen LogP contribution in [0.2, 0.25) is 0 Å². The highest BCUT2D eigenvalue weighted by atomic mass is 32.1. The molecule has 2 N–H and O–H groups in total. The second-order valence-electron chi connectivity index (χ2n) is 9.59. The number of hydrogen-bond acceptors (Lipinski definition) is 4. The Morgan fingerprint density at radius 1 is 0.967 bits per heavy atom. The Balaban J connectivity index is 1.18. The second kappa shape index (κ2) is 7.93. The van der Waals surface area contributed by atoms with E-state index in [0.29, 0.717) is 37.0 Å². The fraction of sp³-hybridized carbons (Fsp3) is 0.609. The third-order valence-electron chi connectivity index (χ3n) is 7.43. The number of carbonyl (C=O) groups excluding carboxylic acids is 2. The van der Waals surface area contributed by atoms with Gasteiger partial charge in [0.1, 0.15) is 0 Å². The molecule has 1 aromatic rings. The summed E-state index contributed by atoms with van der Waals surface area (Å²) in [6.45, 7) is 2.42. The molecule has 160 valence electrons. The minimum Gasteiger partial charge on any atom is -0.378 e. The molecule has 1 aliphatic heterocycles. The molecule has 6 rings (SSSR count). The largest absolute Gasteiger partial charge is 0.378 e. The standard InChI is InChI=1S/C23H29N3O3S/c27-20(26-5-7-29-8-6-26)18-1-3-19(4-2-18)24-22(30)25-21(28)23-12-15-9-16(13-23)11-17(10-15)14-23/h1-4,15-17H,5-14H2,(H2,24,25,28,30). The van der Waals surface area contributed by atoms with Crippen LogP contribution in [0.5, 0.6) is 0 Å². The molecule has 0 unspecified atom stereocenters. The van der Waals surface area contributed by atoms with Crippen LogP contribution in [0, 0.1) is 23.2 Å². The first-order chi connectivity index (χ1) is 14.5. The Bertz CT molecular complexity index is 812. The number of thiocarbonyl (C=S) groups is 1. The van der Waals surface area contributed by atoms with Gasteiger partial charge in [-0.2, -0.15) is 0 Å². The number of benzene rings is 1. The Kier molecular flexibility index (Phi) is 5.27. The zero-order valence-electron chi connectivity index (χ0n) is 17.2. The van der Waals surface area contributed by atoms with Crippen LogP contribution >= 0.6 is 12.2 Å². The van der Waals surface area contributed by atoms with Gasteiger partial charge in [0.2, 0.25) is 5.91 Å². The molecule has 0 aromatic heterocycles. The van der Waals surface area contributed by atoms with Gasteiger partial charge in [0.25, 0.3) is 5.91 Å². The zero-order chi connectivity index (χ0) is 20.7. The molecule has 5 aliphatic rings. The Labute approximate surface area is 182 Å². The Hall–Kier alpha value is -1.99. The van der Waals surface area contributed by atoms with Crippen LogP contribution in [0.1, 0.15) is 48.9 Å². The van der Waals surface area contributed by atoms with E-state index in [-0.39, 0.29) is 17.2 Å². The maximum atomic E-state index is 13.1. The van der Waals surface area contributed by atoms with Crippen molar-refractivity contribution in [3.63, 3.8) is 0 Å². The average Bonchev–Trinajstić information content (AvgIpc) is 2.73. The SMILES string of the molecule is O=C(c1ccc(NC(=S)NC(=O)C23CC4CC(CC(C4)C2)C3)cc1)N1CCOCC1. The summed E-state index contributed by atoms with van der Waals surface area (Å²) in [4.78, 5) is 27.5. The van der Waals surface area contributed by atoms with E-state index in [4.69, 9.17) is 17.0 Å². The van der Waals surface area contributed by atoms with Gasteiger partial charge in [0.05, 0.1) is 18.6 Å². The highest BCUT2D eigenvalue weighted by molar-refractivity contribution is 7.80. The summed E-state index contributed by atoms with van der Waals surface area (Å²) in [5, 5.41) is 6.41. The molecular weight excluding hydrogens is 398 g/mol. The molecule has 1 saturated heterocycles. The van der Waals surface area contributed by atoms with Gasteiger partial charge in [0, 0.05) is 24.3 Å². The fourth-order valence-corrected chi connectivity index (χ4v) is 6.64. The number of nitrogens with one attached hydrogen (secondary N) is 2. The van der Waals surface area contributed by atoms with Gasteiger partial charge in [0.15, 0.2) is 5.11 Å². The lowest BCUT2D eigenvalue weighted by Crippen LogP contribution is -2.55. The van der Waals surface area contributed by atoms with Crippen molar-refractivity contribution in [2.24, 2.45) is 23.2 Å². The molecule has 2 amide bonds. The van der Waals surface area contributed by atoms with Crippen LogP contribution in [0.15, 0.2) is 24.3 Å². The van der Waals surface area contributed by atoms with Crippen LogP contribution in [0.4, 0.5) is 5.69 Å². The highest BCUT2D eigenvalue weighted by Gasteiger charge is 2.54. The van der Waals surface area contributed by atoms with Crippen molar-refractivity contribution in [2.75, 3.05) is 31.6 Å². The highest BCUT2D eigenvalue weighted by Crippen LogP contribution is 2.60. The van der Waals surface area contributed by atoms with Crippen LogP contribution in [0.25, 0.3) is 0 Å². The van der Waals surface area contributed by atoms with E-state index < -0.39 is 0 Å². The summed E-state index contributed by atoms with van der Waals surface area (Å²) in [7, 11) is 0. The Morgan fingerprint density at radius 2 is 1.53 bits per heavy atom. The molecule has 4 aliphatic carbocycles. The van der Waals surface area contributed by atoms with Crippen LogP contribution in [-0.4, -0.2) is 48.1 Å². The molecular formula is C23H29N3O3S. The van der Waals surface area contributed by atoms with Gasteiger partial charge >= 0.3 is 0 Å². The van der Waals surface area contributed by atoms with Crippen molar-refractivity contribution in [3.8, 4) is 0 Å². The van der Waals surface area contributed by atoms with E-state index in [2.05, 4.69) is 10.6 Å². The van der Waals surface area contributed by atoms with Crippen LogP contribution in [0.3, 0.4) is 0 Å². The fourth-order valence-electron chi connectivity index (χ4n) is 6.43. The van der Waals surface area contributed by atoms with Gasteiger partial charge in [-0.1, -0.05) is 0 Å². The maximum absolute atomic E-state index is 13.1. The topological polar surface area (TPSA) is 70.7 Å². The van der Waals surface area contributed by atoms with Gasteiger partial charge in [-0.05, 0) is 92.8 Å². The van der Waals surface area contributed by atoms with Gasteiger partial charge < -0.3 is 20.3 Å². The quantitative estimate of drug-likeness (QED) is 0.725. The summed E-state index contributed by atoms with van der Waals surface area (Å²) in [6, 6.07) is 7.25. The van der Waals surface area contributed by atoms with Crippen molar-refractivity contribution < 1.29 is 14.3 Å². The average molecular weight is 428 g/mol. The predicted molar refractivity (Wildman–Crippen MR) is 118 cm³/mol. The molecule has 4 bridgehead atoms. The molecule has 0 spiro atoms. The predicted octanol–water partition coefficient (Wildman–Crippen LogP) is 3.19. The molecule has 5 fully saturated rings. The number of hydrogen-bond donors (Lipinski definition) is 2. The van der Waals surface area contributed by atoms with E-state index in [9.17, 15) is 9.59 Å².